The van der Waals surface area contributed by atoms with E-state index in [0.29, 0.717) is 29.8 Å². The van der Waals surface area contributed by atoms with Crippen LogP contribution in [0.2, 0.25) is 0 Å². The van der Waals surface area contributed by atoms with Crippen molar-refractivity contribution in [3.8, 4) is 0 Å². The van der Waals surface area contributed by atoms with Gasteiger partial charge in [-0.1, -0.05) is 0 Å². The molecule has 18 heavy (non-hydrogen) atoms. The molecular weight excluding hydrogens is 234 g/mol. The maximum absolute atomic E-state index is 9.66. The second kappa shape index (κ2) is 4.04. The molecule has 0 saturated heterocycles. The summed E-state index contributed by atoms with van der Waals surface area (Å²) in [7, 11) is 0. The number of aliphatic hydroxyl groups is 2. The summed E-state index contributed by atoms with van der Waals surface area (Å²) >= 11 is 0. The molecule has 0 radical (unpaired) electrons. The van der Waals surface area contributed by atoms with Crippen LogP contribution in [-0.4, -0.2) is 41.9 Å². The molecule has 0 saturated carbocycles. The summed E-state index contributed by atoms with van der Waals surface area (Å²) in [6, 6.07) is 0. The van der Waals surface area contributed by atoms with Gasteiger partial charge in [-0.15, -0.1) is 0 Å². The third-order valence-corrected chi connectivity index (χ3v) is 3.12. The van der Waals surface area contributed by atoms with Crippen LogP contribution in [0, 0.1) is 0 Å². The van der Waals surface area contributed by atoms with E-state index in [-0.39, 0.29) is 0 Å². The van der Waals surface area contributed by atoms with Gasteiger partial charge < -0.3 is 15.9 Å². The number of hydrogen-bond acceptors (Lipinski definition) is 6. The Labute approximate surface area is 103 Å². The fourth-order valence-corrected chi connectivity index (χ4v) is 2.12. The Morgan fingerprint density at radius 1 is 1.28 bits per heavy atom. The van der Waals surface area contributed by atoms with E-state index in [1.54, 1.807) is 17.0 Å². The molecule has 2 heterocycles. The Morgan fingerprint density at radius 2 is 2.11 bits per heavy atom. The van der Waals surface area contributed by atoms with Crippen molar-refractivity contribution in [2.45, 2.75) is 25.0 Å². The van der Waals surface area contributed by atoms with E-state index in [1.807, 2.05) is 0 Å². The standard InChI is InChI=1S/C11H13N5O2/c12-10-9-11(14-4-13-10)16(5-15-9)6-1-2-7(17)8(18)3-6/h3-5,7-8,17-18H,1-2H2,(H2,12,13,14)/t7-,8+/m1/s1. The van der Waals surface area contributed by atoms with Crippen LogP contribution in [0.4, 0.5) is 5.82 Å². The Hall–Kier alpha value is -1.99. The highest BCUT2D eigenvalue weighted by atomic mass is 16.3. The lowest BCUT2D eigenvalue weighted by Gasteiger charge is -2.22. The van der Waals surface area contributed by atoms with E-state index >= 15 is 0 Å². The van der Waals surface area contributed by atoms with Gasteiger partial charge >= 0.3 is 0 Å². The van der Waals surface area contributed by atoms with E-state index in [4.69, 9.17) is 5.73 Å². The van der Waals surface area contributed by atoms with Crippen molar-refractivity contribution in [3.63, 3.8) is 0 Å². The van der Waals surface area contributed by atoms with E-state index < -0.39 is 12.2 Å². The van der Waals surface area contributed by atoms with Crippen molar-refractivity contribution >= 4 is 22.7 Å². The summed E-state index contributed by atoms with van der Waals surface area (Å²) in [6.45, 7) is 0. The predicted octanol–water partition coefficient (Wildman–Crippen LogP) is -0.235. The largest absolute Gasteiger partial charge is 0.390 e. The van der Waals surface area contributed by atoms with E-state index in [0.717, 1.165) is 5.70 Å². The molecule has 3 rings (SSSR count). The van der Waals surface area contributed by atoms with Crippen molar-refractivity contribution < 1.29 is 10.2 Å². The first kappa shape index (κ1) is 11.1. The molecule has 7 nitrogen and oxygen atoms in total. The van der Waals surface area contributed by atoms with Crippen molar-refractivity contribution in [3.05, 3.63) is 18.7 Å². The zero-order valence-electron chi connectivity index (χ0n) is 9.56. The minimum absolute atomic E-state index is 0.329. The van der Waals surface area contributed by atoms with Crippen LogP contribution < -0.4 is 5.73 Å². The van der Waals surface area contributed by atoms with Gasteiger partial charge in [0.25, 0.3) is 0 Å². The molecule has 0 fully saturated rings. The Kier molecular flexibility index (Phi) is 2.49. The fourth-order valence-electron chi connectivity index (χ4n) is 2.12. The summed E-state index contributed by atoms with van der Waals surface area (Å²) in [6.07, 6.45) is 4.19. The van der Waals surface area contributed by atoms with Crippen LogP contribution in [0.25, 0.3) is 16.9 Å². The lowest BCUT2D eigenvalue weighted by molar-refractivity contribution is 0.0396. The van der Waals surface area contributed by atoms with Crippen LogP contribution in [0.5, 0.6) is 0 Å². The molecule has 0 aromatic carbocycles. The number of hydrogen-bond donors (Lipinski definition) is 3. The molecule has 4 N–H and O–H groups in total. The zero-order valence-corrected chi connectivity index (χ0v) is 9.56. The predicted molar refractivity (Wildman–Crippen MR) is 65.3 cm³/mol. The molecule has 0 aliphatic heterocycles. The minimum atomic E-state index is -0.856. The fraction of sp³-hybridized carbons (Fsp3) is 0.364. The highest BCUT2D eigenvalue weighted by Crippen LogP contribution is 2.26. The van der Waals surface area contributed by atoms with Crippen LogP contribution in [0.3, 0.4) is 0 Å². The first-order chi connectivity index (χ1) is 8.66. The van der Waals surface area contributed by atoms with E-state index in [1.165, 1.54) is 6.33 Å². The molecular formula is C11H13N5O2. The van der Waals surface area contributed by atoms with Gasteiger partial charge in [0.05, 0.1) is 12.2 Å². The van der Waals surface area contributed by atoms with Crippen LogP contribution in [0.15, 0.2) is 18.7 Å². The lowest BCUT2D eigenvalue weighted by atomic mass is 9.99. The second-order valence-corrected chi connectivity index (χ2v) is 4.30. The van der Waals surface area contributed by atoms with E-state index in [2.05, 4.69) is 15.0 Å². The number of anilines is 1. The number of fused-ring (bicyclic) bond motifs is 1. The lowest BCUT2D eigenvalue weighted by Crippen LogP contribution is -2.28. The maximum atomic E-state index is 9.66. The van der Waals surface area contributed by atoms with Gasteiger partial charge in [-0.3, -0.25) is 4.57 Å². The number of allylic oxidation sites excluding steroid dienone is 1. The number of nitrogen functional groups attached to an aromatic ring is 1. The van der Waals surface area contributed by atoms with Gasteiger partial charge in [0, 0.05) is 5.70 Å². The quantitative estimate of drug-likeness (QED) is 0.641. The molecule has 2 aromatic rings. The molecule has 2 aromatic heterocycles. The number of nitrogens with two attached hydrogens (primary N) is 1. The number of rotatable bonds is 1. The smallest absolute Gasteiger partial charge is 0.169 e. The molecule has 94 valence electrons. The molecule has 1 aliphatic rings. The molecule has 7 heteroatoms. The average Bonchev–Trinajstić information content (AvgIpc) is 2.78. The molecule has 2 atom stereocenters. The number of aromatic nitrogens is 4. The third kappa shape index (κ3) is 1.64. The minimum Gasteiger partial charge on any atom is -0.390 e. The molecule has 0 spiro atoms. The second-order valence-electron chi connectivity index (χ2n) is 4.30. The van der Waals surface area contributed by atoms with Gasteiger partial charge in [0.1, 0.15) is 12.7 Å². The average molecular weight is 247 g/mol. The van der Waals surface area contributed by atoms with Crippen molar-refractivity contribution in [2.75, 3.05) is 5.73 Å². The molecule has 0 bridgehead atoms. The van der Waals surface area contributed by atoms with Crippen LogP contribution in [-0.2, 0) is 0 Å². The first-order valence-corrected chi connectivity index (χ1v) is 5.67. The Bertz CT molecular complexity index is 621. The Balaban J connectivity index is 2.10. The van der Waals surface area contributed by atoms with Crippen molar-refractivity contribution in [2.24, 2.45) is 0 Å². The van der Waals surface area contributed by atoms with Gasteiger partial charge in [-0.2, -0.15) is 0 Å². The van der Waals surface area contributed by atoms with Gasteiger partial charge in [-0.25, -0.2) is 15.0 Å². The number of aliphatic hydroxyl groups excluding tert-OH is 2. The maximum Gasteiger partial charge on any atom is 0.169 e. The summed E-state index contributed by atoms with van der Waals surface area (Å²) in [5.74, 6) is 0.329. The van der Waals surface area contributed by atoms with Crippen molar-refractivity contribution in [1.29, 1.82) is 0 Å². The first-order valence-electron chi connectivity index (χ1n) is 5.67. The molecule has 0 unspecified atom stereocenters. The Morgan fingerprint density at radius 3 is 2.89 bits per heavy atom. The summed E-state index contributed by atoms with van der Waals surface area (Å²) in [5.41, 5.74) is 7.72. The zero-order chi connectivity index (χ0) is 12.7. The monoisotopic (exact) mass is 247 g/mol. The SMILES string of the molecule is Nc1ncnc2c1ncn2C1=C[C@H](O)[C@H](O)CC1. The summed E-state index contributed by atoms with van der Waals surface area (Å²) < 4.78 is 1.77. The number of nitrogens with zero attached hydrogens (tertiary/aromatic N) is 4. The third-order valence-electron chi connectivity index (χ3n) is 3.12. The van der Waals surface area contributed by atoms with Gasteiger partial charge in [0.2, 0.25) is 0 Å². The summed E-state index contributed by atoms with van der Waals surface area (Å²) in [4.78, 5) is 12.2. The van der Waals surface area contributed by atoms with Crippen LogP contribution >= 0.6 is 0 Å². The van der Waals surface area contributed by atoms with Crippen LogP contribution in [0.1, 0.15) is 12.8 Å². The topological polar surface area (TPSA) is 110 Å². The normalized spacial score (nSPS) is 24.2. The molecule has 1 aliphatic carbocycles. The van der Waals surface area contributed by atoms with E-state index in [9.17, 15) is 10.2 Å². The summed E-state index contributed by atoms with van der Waals surface area (Å²) in [5, 5.41) is 19.1. The molecule has 0 amide bonds. The highest BCUT2D eigenvalue weighted by molar-refractivity contribution is 5.83. The van der Waals surface area contributed by atoms with Gasteiger partial charge in [0.15, 0.2) is 17.0 Å². The van der Waals surface area contributed by atoms with Crippen molar-refractivity contribution in [1.82, 2.24) is 19.5 Å². The van der Waals surface area contributed by atoms with Gasteiger partial charge in [-0.05, 0) is 18.9 Å². The number of imidazole rings is 1. The highest BCUT2D eigenvalue weighted by Gasteiger charge is 2.22.